The van der Waals surface area contributed by atoms with Gasteiger partial charge in [0.25, 0.3) is 0 Å². The van der Waals surface area contributed by atoms with Crippen LogP contribution in [0, 0.1) is 0 Å². The molecule has 32 heavy (non-hydrogen) atoms. The van der Waals surface area contributed by atoms with E-state index < -0.39 is 11.3 Å². The summed E-state index contributed by atoms with van der Waals surface area (Å²) in [5, 5.41) is 13.6. The summed E-state index contributed by atoms with van der Waals surface area (Å²) in [4.78, 5) is 23.8. The van der Waals surface area contributed by atoms with Crippen LogP contribution in [0.15, 0.2) is 59.8 Å². The van der Waals surface area contributed by atoms with E-state index in [1.807, 2.05) is 34.9 Å². The highest BCUT2D eigenvalue weighted by Crippen LogP contribution is 2.30. The molecule has 3 aromatic rings. The van der Waals surface area contributed by atoms with E-state index in [9.17, 15) is 9.59 Å². The van der Waals surface area contributed by atoms with Crippen LogP contribution < -0.4 is 10.6 Å². The molecule has 7 nitrogen and oxygen atoms in total. The molecule has 0 bridgehead atoms. The fraction of sp³-hybridized carbons (Fsp3) is 0.333. The van der Waals surface area contributed by atoms with Gasteiger partial charge < -0.3 is 5.32 Å². The normalized spacial score (nSPS) is 12.3. The summed E-state index contributed by atoms with van der Waals surface area (Å²) < 4.78 is 2.01. The Balaban J connectivity index is 1.93. The molecule has 0 aliphatic carbocycles. The van der Waals surface area contributed by atoms with Gasteiger partial charge >= 0.3 is 6.03 Å². The van der Waals surface area contributed by atoms with Crippen LogP contribution in [-0.2, 0) is 16.8 Å². The second-order valence-electron chi connectivity index (χ2n) is 8.53. The van der Waals surface area contributed by atoms with Gasteiger partial charge in [-0.1, -0.05) is 87.1 Å². The number of aromatic nitrogens is 3. The number of amides is 3. The maximum atomic E-state index is 12.3. The van der Waals surface area contributed by atoms with Crippen molar-refractivity contribution in [2.45, 2.75) is 50.1 Å². The van der Waals surface area contributed by atoms with Gasteiger partial charge in [0.15, 0.2) is 11.0 Å². The molecule has 3 amide bonds. The van der Waals surface area contributed by atoms with E-state index in [0.717, 1.165) is 17.0 Å². The molecule has 0 unspecified atom stereocenters. The first-order valence-electron chi connectivity index (χ1n) is 10.5. The molecule has 0 fully saturated rings. The molecule has 168 valence electrons. The van der Waals surface area contributed by atoms with Gasteiger partial charge in [-0.3, -0.25) is 14.7 Å². The van der Waals surface area contributed by atoms with Gasteiger partial charge in [-0.05, 0) is 23.5 Å². The van der Waals surface area contributed by atoms with Crippen LogP contribution in [-0.4, -0.2) is 39.0 Å². The van der Waals surface area contributed by atoms with Gasteiger partial charge in [-0.25, -0.2) is 4.79 Å². The van der Waals surface area contributed by atoms with E-state index >= 15 is 0 Å². The van der Waals surface area contributed by atoms with Gasteiger partial charge in [0.05, 0.1) is 11.8 Å². The summed E-state index contributed by atoms with van der Waals surface area (Å²) in [6.07, 6.45) is 0. The van der Waals surface area contributed by atoms with Crippen molar-refractivity contribution in [1.29, 1.82) is 0 Å². The molecule has 1 aromatic heterocycles. The Morgan fingerprint density at radius 2 is 1.69 bits per heavy atom. The first kappa shape index (κ1) is 23.5. The lowest BCUT2D eigenvalue weighted by molar-refractivity contribution is -0.119. The highest BCUT2D eigenvalue weighted by molar-refractivity contribution is 8.00. The zero-order valence-corrected chi connectivity index (χ0v) is 19.9. The molecule has 2 N–H and O–H groups in total. The summed E-state index contributed by atoms with van der Waals surface area (Å²) in [6, 6.07) is 17.9. The Morgan fingerprint density at radius 1 is 1.03 bits per heavy atom. The molecule has 1 heterocycles. The van der Waals surface area contributed by atoms with Gasteiger partial charge in [0.1, 0.15) is 0 Å². The van der Waals surface area contributed by atoms with Gasteiger partial charge in [-0.2, -0.15) is 0 Å². The SMILES string of the molecule is CNC(=O)NC(=O)[C@@H](C)Sc1nnc(-c2ccc(C(C)(C)C)cc2)n1Cc1ccccc1. The monoisotopic (exact) mass is 451 g/mol. The summed E-state index contributed by atoms with van der Waals surface area (Å²) in [5.74, 6) is 0.343. The lowest BCUT2D eigenvalue weighted by atomic mass is 9.87. The maximum Gasteiger partial charge on any atom is 0.321 e. The quantitative estimate of drug-likeness (QED) is 0.548. The number of hydrogen-bond donors (Lipinski definition) is 2. The number of nitrogens with one attached hydrogen (secondary N) is 2. The second kappa shape index (κ2) is 9.99. The third kappa shape index (κ3) is 5.76. The lowest BCUT2D eigenvalue weighted by Crippen LogP contribution is -2.41. The predicted molar refractivity (Wildman–Crippen MR) is 128 cm³/mol. The van der Waals surface area contributed by atoms with Crippen LogP contribution in [0.2, 0.25) is 0 Å². The molecule has 3 rings (SSSR count). The summed E-state index contributed by atoms with van der Waals surface area (Å²) >= 11 is 1.27. The molecule has 0 aliphatic heterocycles. The van der Waals surface area contributed by atoms with E-state index in [-0.39, 0.29) is 11.3 Å². The minimum atomic E-state index is -0.534. The van der Waals surface area contributed by atoms with E-state index in [0.29, 0.717) is 11.7 Å². The molecular formula is C24H29N5O2S. The Kier molecular flexibility index (Phi) is 7.35. The second-order valence-corrected chi connectivity index (χ2v) is 9.84. The van der Waals surface area contributed by atoms with Gasteiger partial charge in [-0.15, -0.1) is 10.2 Å². The zero-order chi connectivity index (χ0) is 23.3. The molecule has 8 heteroatoms. The minimum Gasteiger partial charge on any atom is -0.341 e. The van der Waals surface area contributed by atoms with Crippen LogP contribution in [0.4, 0.5) is 4.79 Å². The van der Waals surface area contributed by atoms with Gasteiger partial charge in [0.2, 0.25) is 5.91 Å². The number of imide groups is 1. The molecule has 2 aromatic carbocycles. The maximum absolute atomic E-state index is 12.3. The third-order valence-corrected chi connectivity index (χ3v) is 6.11. The van der Waals surface area contributed by atoms with Crippen LogP contribution >= 0.6 is 11.8 Å². The smallest absolute Gasteiger partial charge is 0.321 e. The van der Waals surface area contributed by atoms with E-state index in [2.05, 4.69) is 65.9 Å². The molecule has 0 saturated carbocycles. The van der Waals surface area contributed by atoms with Crippen LogP contribution in [0.5, 0.6) is 0 Å². The first-order chi connectivity index (χ1) is 15.2. The summed E-state index contributed by atoms with van der Waals surface area (Å²) in [7, 11) is 1.47. The van der Waals surface area contributed by atoms with Crippen molar-refractivity contribution >= 4 is 23.7 Å². The number of hydrogen-bond acceptors (Lipinski definition) is 5. The molecule has 0 spiro atoms. The van der Waals surface area contributed by atoms with Crippen LogP contribution in [0.1, 0.15) is 38.8 Å². The predicted octanol–water partition coefficient (Wildman–Crippen LogP) is 4.23. The van der Waals surface area contributed by atoms with Crippen molar-refractivity contribution in [3.05, 3.63) is 65.7 Å². The number of nitrogens with zero attached hydrogens (tertiary/aromatic N) is 3. The van der Waals surface area contributed by atoms with E-state index in [1.165, 1.54) is 24.4 Å². The number of carbonyl (C=O) groups excluding carboxylic acids is 2. The van der Waals surface area contributed by atoms with Crippen LogP contribution in [0.25, 0.3) is 11.4 Å². The van der Waals surface area contributed by atoms with Gasteiger partial charge in [0, 0.05) is 12.6 Å². The molecule has 0 radical (unpaired) electrons. The Labute approximate surface area is 193 Å². The number of rotatable bonds is 6. The van der Waals surface area contributed by atoms with E-state index in [1.54, 1.807) is 6.92 Å². The van der Waals surface area contributed by atoms with Crippen molar-refractivity contribution in [2.75, 3.05) is 7.05 Å². The summed E-state index contributed by atoms with van der Waals surface area (Å²) in [6.45, 7) is 8.85. The number of thioether (sulfide) groups is 1. The average Bonchev–Trinajstić information content (AvgIpc) is 3.15. The Morgan fingerprint density at radius 3 is 2.28 bits per heavy atom. The lowest BCUT2D eigenvalue weighted by Gasteiger charge is -2.19. The zero-order valence-electron chi connectivity index (χ0n) is 19.0. The molecular weight excluding hydrogens is 422 g/mol. The van der Waals surface area contributed by atoms with Crippen molar-refractivity contribution in [1.82, 2.24) is 25.4 Å². The largest absolute Gasteiger partial charge is 0.341 e. The fourth-order valence-corrected chi connectivity index (χ4v) is 3.95. The highest BCUT2D eigenvalue weighted by atomic mass is 32.2. The fourth-order valence-electron chi connectivity index (χ4n) is 3.10. The highest BCUT2D eigenvalue weighted by Gasteiger charge is 2.22. The van der Waals surface area contributed by atoms with E-state index in [4.69, 9.17) is 0 Å². The Hall–Kier alpha value is -3.13. The van der Waals surface area contributed by atoms with Crippen molar-refractivity contribution in [2.24, 2.45) is 0 Å². The van der Waals surface area contributed by atoms with Crippen LogP contribution in [0.3, 0.4) is 0 Å². The molecule has 0 aliphatic rings. The number of urea groups is 1. The van der Waals surface area contributed by atoms with Crippen molar-refractivity contribution < 1.29 is 9.59 Å². The Bertz CT molecular complexity index is 1070. The molecule has 0 saturated heterocycles. The first-order valence-corrected chi connectivity index (χ1v) is 11.3. The minimum absolute atomic E-state index is 0.0603. The van der Waals surface area contributed by atoms with Crippen molar-refractivity contribution in [3.8, 4) is 11.4 Å². The topological polar surface area (TPSA) is 88.9 Å². The standard InChI is InChI=1S/C24H29N5O2S/c1-16(21(30)26-22(31)25-5)32-23-28-27-20(29(23)15-17-9-7-6-8-10-17)18-11-13-19(14-12-18)24(2,3)4/h6-14,16H,15H2,1-5H3,(H2,25,26,30,31)/t16-/m1/s1. The number of benzene rings is 2. The third-order valence-electron chi connectivity index (χ3n) is 5.02. The molecule has 1 atom stereocenters. The summed E-state index contributed by atoms with van der Waals surface area (Å²) in [5.41, 5.74) is 3.36. The number of carbonyl (C=O) groups is 2. The van der Waals surface area contributed by atoms with Crippen molar-refractivity contribution in [3.63, 3.8) is 0 Å². The average molecular weight is 452 g/mol.